The van der Waals surface area contributed by atoms with Gasteiger partial charge in [-0.3, -0.25) is 0 Å². The van der Waals surface area contributed by atoms with E-state index in [0.29, 0.717) is 0 Å². The van der Waals surface area contributed by atoms with E-state index in [2.05, 4.69) is 5.32 Å². The molecule has 2 atom stereocenters. The van der Waals surface area contributed by atoms with Gasteiger partial charge in [-0.15, -0.1) is 0 Å². The van der Waals surface area contributed by atoms with Crippen molar-refractivity contribution in [2.45, 2.75) is 25.9 Å². The van der Waals surface area contributed by atoms with Crippen LogP contribution in [0.2, 0.25) is 0 Å². The van der Waals surface area contributed by atoms with Crippen molar-refractivity contribution in [2.24, 2.45) is 0 Å². The third kappa shape index (κ3) is 2.36. The summed E-state index contributed by atoms with van der Waals surface area (Å²) in [6, 6.07) is 2.27. The van der Waals surface area contributed by atoms with E-state index in [-0.39, 0.29) is 18.7 Å². The van der Waals surface area contributed by atoms with Crippen LogP contribution in [0.5, 0.6) is 0 Å². The molecule has 0 saturated heterocycles. The largest absolute Gasteiger partial charge is 0.472 e. The molecule has 0 bridgehead atoms. The Morgan fingerprint density at radius 2 is 2.33 bits per heavy atom. The van der Waals surface area contributed by atoms with E-state index in [0.717, 1.165) is 5.56 Å². The minimum atomic E-state index is 0.120. The standard InChI is InChI=1S/C9H15NO2/c1-7(5-11)10-8(2)9-3-4-12-6-9/h3-4,6-8,10-11H,5H2,1-2H3/t7-,8?/m0/s1. The Balaban J connectivity index is 2.44. The van der Waals surface area contributed by atoms with Crippen LogP contribution in [0.15, 0.2) is 23.0 Å². The number of aliphatic hydroxyl groups excluding tert-OH is 1. The van der Waals surface area contributed by atoms with Crippen LogP contribution in [-0.2, 0) is 0 Å². The van der Waals surface area contributed by atoms with Crippen molar-refractivity contribution in [3.63, 3.8) is 0 Å². The van der Waals surface area contributed by atoms with Gasteiger partial charge in [-0.25, -0.2) is 0 Å². The molecule has 0 saturated carbocycles. The van der Waals surface area contributed by atoms with Gasteiger partial charge in [0.05, 0.1) is 19.1 Å². The first kappa shape index (κ1) is 9.29. The maximum absolute atomic E-state index is 8.80. The number of furan rings is 1. The van der Waals surface area contributed by atoms with Crippen LogP contribution in [-0.4, -0.2) is 17.8 Å². The van der Waals surface area contributed by atoms with Gasteiger partial charge < -0.3 is 14.8 Å². The van der Waals surface area contributed by atoms with Gasteiger partial charge in [0.2, 0.25) is 0 Å². The summed E-state index contributed by atoms with van der Waals surface area (Å²) >= 11 is 0. The fourth-order valence-electron chi connectivity index (χ4n) is 1.10. The molecule has 1 aromatic rings. The normalized spacial score (nSPS) is 15.9. The van der Waals surface area contributed by atoms with Crippen LogP contribution in [0.3, 0.4) is 0 Å². The maximum Gasteiger partial charge on any atom is 0.0950 e. The molecule has 68 valence electrons. The summed E-state index contributed by atoms with van der Waals surface area (Å²) in [6.45, 7) is 4.13. The second kappa shape index (κ2) is 4.28. The number of hydrogen-bond acceptors (Lipinski definition) is 3. The van der Waals surface area contributed by atoms with Crippen LogP contribution in [0.4, 0.5) is 0 Å². The summed E-state index contributed by atoms with van der Waals surface area (Å²) < 4.78 is 4.95. The van der Waals surface area contributed by atoms with Crippen LogP contribution < -0.4 is 5.32 Å². The van der Waals surface area contributed by atoms with E-state index in [4.69, 9.17) is 9.52 Å². The zero-order valence-corrected chi connectivity index (χ0v) is 7.45. The van der Waals surface area contributed by atoms with E-state index in [1.165, 1.54) is 0 Å². The molecule has 0 fully saturated rings. The highest BCUT2D eigenvalue weighted by atomic mass is 16.3. The molecule has 3 nitrogen and oxygen atoms in total. The highest BCUT2D eigenvalue weighted by Gasteiger charge is 2.08. The average molecular weight is 169 g/mol. The Labute approximate surface area is 72.4 Å². The molecular formula is C9H15NO2. The molecule has 1 rings (SSSR count). The summed E-state index contributed by atoms with van der Waals surface area (Å²) in [5.74, 6) is 0. The Morgan fingerprint density at radius 3 is 2.83 bits per heavy atom. The lowest BCUT2D eigenvalue weighted by atomic mass is 10.1. The van der Waals surface area contributed by atoms with Gasteiger partial charge in [0, 0.05) is 17.6 Å². The van der Waals surface area contributed by atoms with E-state index >= 15 is 0 Å². The third-order valence-electron chi connectivity index (χ3n) is 1.85. The van der Waals surface area contributed by atoms with Crippen molar-refractivity contribution >= 4 is 0 Å². The summed E-state index contributed by atoms with van der Waals surface area (Å²) in [5, 5.41) is 12.0. The van der Waals surface area contributed by atoms with Crippen LogP contribution in [0, 0.1) is 0 Å². The number of aliphatic hydroxyl groups is 1. The van der Waals surface area contributed by atoms with Gasteiger partial charge in [0.1, 0.15) is 0 Å². The quantitative estimate of drug-likeness (QED) is 0.714. The lowest BCUT2D eigenvalue weighted by Gasteiger charge is -2.16. The first-order valence-corrected chi connectivity index (χ1v) is 4.13. The van der Waals surface area contributed by atoms with Crippen molar-refractivity contribution in [1.29, 1.82) is 0 Å². The molecule has 0 aliphatic rings. The Hall–Kier alpha value is -0.800. The first-order valence-electron chi connectivity index (χ1n) is 4.13. The van der Waals surface area contributed by atoms with Gasteiger partial charge in [-0.2, -0.15) is 0 Å². The minimum Gasteiger partial charge on any atom is -0.472 e. The number of nitrogens with one attached hydrogen (secondary N) is 1. The van der Waals surface area contributed by atoms with Crippen LogP contribution >= 0.6 is 0 Å². The SMILES string of the molecule is CC(N[C@@H](C)CO)c1ccoc1. The molecule has 12 heavy (non-hydrogen) atoms. The minimum absolute atomic E-state index is 0.120. The summed E-state index contributed by atoms with van der Waals surface area (Å²) in [4.78, 5) is 0. The van der Waals surface area contributed by atoms with Crippen LogP contribution in [0.1, 0.15) is 25.5 Å². The van der Waals surface area contributed by atoms with Crippen molar-refractivity contribution in [1.82, 2.24) is 5.32 Å². The fraction of sp³-hybridized carbons (Fsp3) is 0.556. The zero-order valence-electron chi connectivity index (χ0n) is 7.45. The lowest BCUT2D eigenvalue weighted by Crippen LogP contribution is -2.31. The highest BCUT2D eigenvalue weighted by molar-refractivity contribution is 5.10. The molecule has 3 heteroatoms. The average Bonchev–Trinajstić information content (AvgIpc) is 2.56. The molecule has 2 N–H and O–H groups in total. The summed E-state index contributed by atoms with van der Waals surface area (Å²) in [6.07, 6.45) is 3.36. The van der Waals surface area contributed by atoms with E-state index in [9.17, 15) is 0 Å². The van der Waals surface area contributed by atoms with Crippen molar-refractivity contribution < 1.29 is 9.52 Å². The molecule has 1 unspecified atom stereocenters. The van der Waals surface area contributed by atoms with E-state index < -0.39 is 0 Å². The summed E-state index contributed by atoms with van der Waals surface area (Å²) in [5.41, 5.74) is 1.11. The predicted molar refractivity (Wildman–Crippen MR) is 46.8 cm³/mol. The highest BCUT2D eigenvalue weighted by Crippen LogP contribution is 2.12. The molecule has 0 spiro atoms. The van der Waals surface area contributed by atoms with Crippen molar-refractivity contribution in [3.8, 4) is 0 Å². The number of rotatable bonds is 4. The van der Waals surface area contributed by atoms with E-state index in [1.807, 2.05) is 19.9 Å². The Bertz CT molecular complexity index is 208. The van der Waals surface area contributed by atoms with Crippen LogP contribution in [0.25, 0.3) is 0 Å². The molecule has 1 aromatic heterocycles. The van der Waals surface area contributed by atoms with Gasteiger partial charge in [-0.1, -0.05) is 0 Å². The molecule has 0 amide bonds. The fourth-order valence-corrected chi connectivity index (χ4v) is 1.10. The van der Waals surface area contributed by atoms with E-state index in [1.54, 1.807) is 12.5 Å². The first-order chi connectivity index (χ1) is 5.74. The molecule has 0 radical (unpaired) electrons. The van der Waals surface area contributed by atoms with Gasteiger partial charge >= 0.3 is 0 Å². The summed E-state index contributed by atoms with van der Waals surface area (Å²) in [7, 11) is 0. The third-order valence-corrected chi connectivity index (χ3v) is 1.85. The Kier molecular flexibility index (Phi) is 3.31. The smallest absolute Gasteiger partial charge is 0.0950 e. The molecule has 1 heterocycles. The van der Waals surface area contributed by atoms with Crippen molar-refractivity contribution in [2.75, 3.05) is 6.61 Å². The molecular weight excluding hydrogens is 154 g/mol. The Morgan fingerprint density at radius 1 is 1.58 bits per heavy atom. The number of hydrogen-bond donors (Lipinski definition) is 2. The molecule has 0 aliphatic carbocycles. The van der Waals surface area contributed by atoms with Gasteiger partial charge in [0.25, 0.3) is 0 Å². The van der Waals surface area contributed by atoms with Gasteiger partial charge in [0.15, 0.2) is 0 Å². The second-order valence-corrected chi connectivity index (χ2v) is 3.03. The molecule has 0 aromatic carbocycles. The second-order valence-electron chi connectivity index (χ2n) is 3.03. The lowest BCUT2D eigenvalue weighted by molar-refractivity contribution is 0.243. The topological polar surface area (TPSA) is 45.4 Å². The van der Waals surface area contributed by atoms with Gasteiger partial charge in [-0.05, 0) is 19.9 Å². The maximum atomic E-state index is 8.80. The molecule has 0 aliphatic heterocycles. The zero-order chi connectivity index (χ0) is 8.97. The predicted octanol–water partition coefficient (Wildman–Crippen LogP) is 1.31. The van der Waals surface area contributed by atoms with Crippen molar-refractivity contribution in [3.05, 3.63) is 24.2 Å². The monoisotopic (exact) mass is 169 g/mol.